The second-order valence-corrected chi connectivity index (χ2v) is 9.92. The van der Waals surface area contributed by atoms with Crippen LogP contribution in [-0.4, -0.2) is 41.6 Å². The zero-order valence-electron chi connectivity index (χ0n) is 18.6. The Bertz CT molecular complexity index is 1250. The number of ether oxygens (including phenoxy) is 2. The highest BCUT2D eigenvalue weighted by molar-refractivity contribution is 7.92. The van der Waals surface area contributed by atoms with E-state index in [0.717, 1.165) is 9.87 Å². The van der Waals surface area contributed by atoms with Gasteiger partial charge in [-0.2, -0.15) is 0 Å². The number of anilines is 1. The molecule has 180 valence electrons. The van der Waals surface area contributed by atoms with Crippen molar-refractivity contribution in [2.75, 3.05) is 31.6 Å². The van der Waals surface area contributed by atoms with E-state index < -0.39 is 22.5 Å². The molecule has 3 rings (SSSR count). The Morgan fingerprint density at radius 1 is 0.941 bits per heavy atom. The predicted molar refractivity (Wildman–Crippen MR) is 134 cm³/mol. The molecule has 1 N–H and O–H groups in total. The quantitative estimate of drug-likeness (QED) is 0.421. The molecule has 1 amide bonds. The van der Waals surface area contributed by atoms with Gasteiger partial charge in [0.15, 0.2) is 11.5 Å². The fourth-order valence-electron chi connectivity index (χ4n) is 3.27. The first-order chi connectivity index (χ1) is 16.3. The van der Waals surface area contributed by atoms with E-state index in [-0.39, 0.29) is 15.6 Å². The first-order valence-electron chi connectivity index (χ1n) is 10.3. The number of rotatable bonds is 10. The van der Waals surface area contributed by atoms with Crippen molar-refractivity contribution >= 4 is 44.8 Å². The van der Waals surface area contributed by atoms with E-state index in [1.165, 1.54) is 30.3 Å². The predicted octanol–water partition coefficient (Wildman–Crippen LogP) is 4.56. The molecule has 3 aromatic carbocycles. The number of sulfonamides is 1. The highest BCUT2D eigenvalue weighted by atomic mass is 35.5. The summed E-state index contributed by atoms with van der Waals surface area (Å²) in [6.07, 6.45) is 0.513. The topological polar surface area (TPSA) is 84.9 Å². The van der Waals surface area contributed by atoms with E-state index in [0.29, 0.717) is 29.5 Å². The molecule has 0 unspecified atom stereocenters. The third kappa shape index (κ3) is 6.14. The summed E-state index contributed by atoms with van der Waals surface area (Å²) >= 11 is 12.3. The van der Waals surface area contributed by atoms with Gasteiger partial charge in [0.25, 0.3) is 10.0 Å². The number of hydrogen-bond acceptors (Lipinski definition) is 5. The van der Waals surface area contributed by atoms with Crippen LogP contribution in [0.2, 0.25) is 10.0 Å². The lowest BCUT2D eigenvalue weighted by atomic mass is 10.1. The Morgan fingerprint density at radius 2 is 1.65 bits per heavy atom. The summed E-state index contributed by atoms with van der Waals surface area (Å²) in [5, 5.41) is 3.23. The minimum absolute atomic E-state index is 0.0409. The minimum atomic E-state index is -4.06. The first-order valence-corrected chi connectivity index (χ1v) is 12.5. The lowest BCUT2D eigenvalue weighted by Gasteiger charge is -2.25. The summed E-state index contributed by atoms with van der Waals surface area (Å²) in [7, 11) is -0.960. The average molecular weight is 523 g/mol. The van der Waals surface area contributed by atoms with Gasteiger partial charge in [-0.25, -0.2) is 8.42 Å². The maximum Gasteiger partial charge on any atom is 0.264 e. The third-order valence-electron chi connectivity index (χ3n) is 4.98. The average Bonchev–Trinajstić information content (AvgIpc) is 2.83. The van der Waals surface area contributed by atoms with Gasteiger partial charge in [-0.15, -0.1) is 0 Å². The zero-order valence-corrected chi connectivity index (χ0v) is 21.0. The van der Waals surface area contributed by atoms with Crippen LogP contribution in [-0.2, 0) is 21.2 Å². The highest BCUT2D eigenvalue weighted by Crippen LogP contribution is 2.32. The molecule has 34 heavy (non-hydrogen) atoms. The monoisotopic (exact) mass is 522 g/mol. The van der Waals surface area contributed by atoms with Crippen molar-refractivity contribution in [3.05, 3.63) is 82.3 Å². The van der Waals surface area contributed by atoms with E-state index >= 15 is 0 Å². The van der Waals surface area contributed by atoms with Crippen LogP contribution in [0.4, 0.5) is 5.69 Å². The van der Waals surface area contributed by atoms with Crippen molar-refractivity contribution in [1.29, 1.82) is 0 Å². The summed E-state index contributed by atoms with van der Waals surface area (Å²) in [6.45, 7) is -0.160. The first kappa shape index (κ1) is 25.7. The van der Waals surface area contributed by atoms with E-state index in [4.69, 9.17) is 32.7 Å². The number of amides is 1. The lowest BCUT2D eigenvalue weighted by molar-refractivity contribution is -0.119. The minimum Gasteiger partial charge on any atom is -0.493 e. The number of carbonyl (C=O) groups is 1. The van der Waals surface area contributed by atoms with E-state index in [1.807, 2.05) is 12.1 Å². The maximum atomic E-state index is 13.4. The van der Waals surface area contributed by atoms with Crippen LogP contribution in [0.15, 0.2) is 71.6 Å². The van der Waals surface area contributed by atoms with Crippen LogP contribution in [0.3, 0.4) is 0 Å². The normalized spacial score (nSPS) is 11.1. The van der Waals surface area contributed by atoms with Crippen molar-refractivity contribution in [2.45, 2.75) is 11.3 Å². The molecule has 0 aliphatic carbocycles. The Labute approximate surface area is 209 Å². The molecule has 7 nitrogen and oxygen atoms in total. The molecule has 0 atom stereocenters. The van der Waals surface area contributed by atoms with Gasteiger partial charge in [-0.05, 0) is 54.4 Å². The molecule has 0 saturated carbocycles. The fraction of sp³-hybridized carbons (Fsp3) is 0.208. The molecule has 0 aliphatic heterocycles. The molecule has 0 saturated heterocycles. The van der Waals surface area contributed by atoms with E-state index in [2.05, 4.69) is 5.32 Å². The van der Waals surface area contributed by atoms with Crippen molar-refractivity contribution in [3.8, 4) is 11.5 Å². The van der Waals surface area contributed by atoms with Crippen LogP contribution in [0.1, 0.15) is 5.56 Å². The van der Waals surface area contributed by atoms with Crippen LogP contribution >= 0.6 is 23.2 Å². The highest BCUT2D eigenvalue weighted by Gasteiger charge is 2.28. The van der Waals surface area contributed by atoms with Crippen LogP contribution in [0, 0.1) is 0 Å². The van der Waals surface area contributed by atoms with E-state index in [1.54, 1.807) is 38.5 Å². The van der Waals surface area contributed by atoms with Gasteiger partial charge in [0.2, 0.25) is 5.91 Å². The molecule has 0 bridgehead atoms. The number of methoxy groups -OCH3 is 2. The summed E-state index contributed by atoms with van der Waals surface area (Å²) in [6, 6.07) is 17.7. The standard InChI is InChI=1S/C24H24Cl2N2O5S/c1-32-22-11-8-17(14-23(22)33-2)12-13-27-24(29)16-28(21-10-9-18(25)15-20(21)26)34(30,31)19-6-4-3-5-7-19/h3-11,14-15H,12-13,16H2,1-2H3,(H,27,29). The Kier molecular flexibility index (Phi) is 8.66. The fourth-order valence-corrected chi connectivity index (χ4v) is 5.29. The second-order valence-electron chi connectivity index (χ2n) is 7.21. The molecular weight excluding hydrogens is 499 g/mol. The smallest absolute Gasteiger partial charge is 0.264 e. The Balaban J connectivity index is 1.77. The van der Waals surface area contributed by atoms with Gasteiger partial charge in [0, 0.05) is 11.6 Å². The number of halogens is 2. The van der Waals surface area contributed by atoms with E-state index in [9.17, 15) is 13.2 Å². The number of nitrogens with zero attached hydrogens (tertiary/aromatic N) is 1. The van der Waals surface area contributed by atoms with Gasteiger partial charge in [-0.1, -0.05) is 47.5 Å². The summed E-state index contributed by atoms with van der Waals surface area (Å²) in [4.78, 5) is 12.8. The molecule has 0 aromatic heterocycles. The van der Waals surface area contributed by atoms with Gasteiger partial charge < -0.3 is 14.8 Å². The molecule has 0 heterocycles. The van der Waals surface area contributed by atoms with Gasteiger partial charge in [-0.3, -0.25) is 9.10 Å². The van der Waals surface area contributed by atoms with Crippen LogP contribution in [0.25, 0.3) is 0 Å². The van der Waals surface area contributed by atoms with Gasteiger partial charge in [0.1, 0.15) is 6.54 Å². The maximum absolute atomic E-state index is 13.4. The van der Waals surface area contributed by atoms with Gasteiger partial charge in [0.05, 0.1) is 29.8 Å². The van der Waals surface area contributed by atoms with Crippen molar-refractivity contribution in [2.24, 2.45) is 0 Å². The second kappa shape index (κ2) is 11.5. The third-order valence-corrected chi connectivity index (χ3v) is 7.29. The van der Waals surface area contributed by atoms with Crippen molar-refractivity contribution in [1.82, 2.24) is 5.32 Å². The van der Waals surface area contributed by atoms with Crippen molar-refractivity contribution < 1.29 is 22.7 Å². The Morgan fingerprint density at radius 3 is 2.29 bits per heavy atom. The molecule has 3 aromatic rings. The number of benzene rings is 3. The van der Waals surface area contributed by atoms with Gasteiger partial charge >= 0.3 is 0 Å². The summed E-state index contributed by atoms with van der Waals surface area (Å²) in [5.74, 6) is 0.715. The number of hydrogen-bond donors (Lipinski definition) is 1. The van der Waals surface area contributed by atoms with Crippen LogP contribution < -0.4 is 19.1 Å². The molecule has 0 fully saturated rings. The SMILES string of the molecule is COc1ccc(CCNC(=O)CN(c2ccc(Cl)cc2Cl)S(=O)(=O)c2ccccc2)cc1OC. The molecular formula is C24H24Cl2N2O5S. The molecule has 0 spiro atoms. The molecule has 10 heteroatoms. The Hall–Kier alpha value is -2.94. The summed E-state index contributed by atoms with van der Waals surface area (Å²) < 4.78 is 38.2. The lowest BCUT2D eigenvalue weighted by Crippen LogP contribution is -2.41. The molecule has 0 radical (unpaired) electrons. The van der Waals surface area contributed by atoms with Crippen molar-refractivity contribution in [3.63, 3.8) is 0 Å². The largest absolute Gasteiger partial charge is 0.493 e. The summed E-state index contributed by atoms with van der Waals surface area (Å²) in [5.41, 5.74) is 1.08. The number of nitrogens with one attached hydrogen (secondary N) is 1. The van der Waals surface area contributed by atoms with Crippen LogP contribution in [0.5, 0.6) is 11.5 Å². The number of carbonyl (C=O) groups excluding carboxylic acids is 1. The zero-order chi connectivity index (χ0) is 24.7. The molecule has 0 aliphatic rings.